The second-order valence-corrected chi connectivity index (χ2v) is 7.09. The molecule has 1 aliphatic rings. The SMILES string of the molecule is COc1ccccc1C1CNCCN1Cc1ccc(OCc2noc(C)n2)cc1. The van der Waals surface area contributed by atoms with Gasteiger partial charge in [0.05, 0.1) is 13.2 Å². The Morgan fingerprint density at radius 3 is 2.76 bits per heavy atom. The molecule has 1 fully saturated rings. The molecule has 2 aromatic carbocycles. The molecule has 2 heterocycles. The zero-order chi connectivity index (χ0) is 20.1. The first-order valence-electron chi connectivity index (χ1n) is 9.81. The third kappa shape index (κ3) is 4.75. The molecule has 0 bridgehead atoms. The molecule has 3 aromatic rings. The van der Waals surface area contributed by atoms with Crippen LogP contribution in [-0.4, -0.2) is 41.8 Å². The standard InChI is InChI=1S/C22H26N4O3/c1-16-24-22(25-29-16)15-28-18-9-7-17(8-10-18)14-26-12-11-23-13-20(26)19-5-3-4-6-21(19)27-2/h3-10,20,23H,11-15H2,1-2H3. The summed E-state index contributed by atoms with van der Waals surface area (Å²) in [5, 5.41) is 7.35. The summed E-state index contributed by atoms with van der Waals surface area (Å²) >= 11 is 0. The second-order valence-electron chi connectivity index (χ2n) is 7.09. The number of rotatable bonds is 7. The summed E-state index contributed by atoms with van der Waals surface area (Å²) < 4.78 is 16.3. The second kappa shape index (κ2) is 9.07. The Labute approximate surface area is 170 Å². The molecule has 0 saturated carbocycles. The van der Waals surface area contributed by atoms with Gasteiger partial charge in [-0.05, 0) is 23.8 Å². The summed E-state index contributed by atoms with van der Waals surface area (Å²) in [6, 6.07) is 16.7. The highest BCUT2D eigenvalue weighted by Crippen LogP contribution is 2.31. The number of piperazine rings is 1. The normalized spacial score (nSPS) is 17.2. The van der Waals surface area contributed by atoms with Crippen LogP contribution in [0.25, 0.3) is 0 Å². The van der Waals surface area contributed by atoms with Crippen LogP contribution in [0.5, 0.6) is 11.5 Å². The minimum Gasteiger partial charge on any atom is -0.496 e. The molecule has 1 aromatic heterocycles. The fourth-order valence-corrected chi connectivity index (χ4v) is 3.66. The van der Waals surface area contributed by atoms with Crippen molar-refractivity contribution in [3.8, 4) is 11.5 Å². The number of aryl methyl sites for hydroxylation is 1. The number of hydrogen-bond acceptors (Lipinski definition) is 7. The van der Waals surface area contributed by atoms with Crippen LogP contribution in [0, 0.1) is 6.92 Å². The summed E-state index contributed by atoms with van der Waals surface area (Å²) in [6.07, 6.45) is 0. The van der Waals surface area contributed by atoms with Crippen molar-refractivity contribution in [2.75, 3.05) is 26.7 Å². The number of nitrogens with one attached hydrogen (secondary N) is 1. The minimum absolute atomic E-state index is 0.275. The van der Waals surface area contributed by atoms with Crippen molar-refractivity contribution >= 4 is 0 Å². The monoisotopic (exact) mass is 394 g/mol. The number of nitrogens with zero attached hydrogens (tertiary/aromatic N) is 3. The van der Waals surface area contributed by atoms with E-state index in [2.05, 4.69) is 44.6 Å². The molecular weight excluding hydrogens is 368 g/mol. The predicted octanol–water partition coefficient (Wildman–Crippen LogP) is 3.11. The third-order valence-corrected chi connectivity index (χ3v) is 5.10. The summed E-state index contributed by atoms with van der Waals surface area (Å²) in [7, 11) is 1.73. The molecule has 1 N–H and O–H groups in total. The molecule has 0 spiro atoms. The maximum atomic E-state index is 5.75. The average Bonchev–Trinajstić information content (AvgIpc) is 3.19. The molecule has 29 heavy (non-hydrogen) atoms. The van der Waals surface area contributed by atoms with Gasteiger partial charge in [0.25, 0.3) is 0 Å². The van der Waals surface area contributed by atoms with Gasteiger partial charge in [0.15, 0.2) is 6.61 Å². The molecule has 1 saturated heterocycles. The van der Waals surface area contributed by atoms with Crippen LogP contribution in [0.2, 0.25) is 0 Å². The van der Waals surface area contributed by atoms with Gasteiger partial charge in [-0.1, -0.05) is 35.5 Å². The number of para-hydroxylation sites is 1. The Morgan fingerprint density at radius 1 is 1.17 bits per heavy atom. The zero-order valence-electron chi connectivity index (χ0n) is 16.8. The van der Waals surface area contributed by atoms with E-state index in [0.717, 1.165) is 37.7 Å². The van der Waals surface area contributed by atoms with Crippen LogP contribution in [0.1, 0.15) is 28.9 Å². The van der Waals surface area contributed by atoms with Crippen molar-refractivity contribution in [2.24, 2.45) is 0 Å². The Bertz CT molecular complexity index is 926. The lowest BCUT2D eigenvalue weighted by molar-refractivity contribution is 0.151. The van der Waals surface area contributed by atoms with Crippen molar-refractivity contribution in [1.29, 1.82) is 0 Å². The van der Waals surface area contributed by atoms with Gasteiger partial charge in [0.2, 0.25) is 11.7 Å². The van der Waals surface area contributed by atoms with Crippen LogP contribution in [0.4, 0.5) is 0 Å². The van der Waals surface area contributed by atoms with Crippen LogP contribution >= 0.6 is 0 Å². The predicted molar refractivity (Wildman–Crippen MR) is 109 cm³/mol. The number of hydrogen-bond donors (Lipinski definition) is 1. The highest BCUT2D eigenvalue weighted by molar-refractivity contribution is 5.37. The lowest BCUT2D eigenvalue weighted by atomic mass is 10.0. The average molecular weight is 394 g/mol. The van der Waals surface area contributed by atoms with E-state index in [-0.39, 0.29) is 6.04 Å². The van der Waals surface area contributed by atoms with Crippen LogP contribution in [0.3, 0.4) is 0 Å². The Morgan fingerprint density at radius 2 is 2.00 bits per heavy atom. The van der Waals surface area contributed by atoms with Gasteiger partial charge in [-0.25, -0.2) is 0 Å². The Kier molecular flexibility index (Phi) is 6.07. The van der Waals surface area contributed by atoms with E-state index in [1.807, 2.05) is 24.3 Å². The number of benzene rings is 2. The van der Waals surface area contributed by atoms with E-state index >= 15 is 0 Å². The maximum Gasteiger partial charge on any atom is 0.223 e. The highest BCUT2D eigenvalue weighted by Gasteiger charge is 2.26. The first kappa shape index (κ1) is 19.4. The molecule has 0 amide bonds. The lowest BCUT2D eigenvalue weighted by Gasteiger charge is -2.37. The number of ether oxygens (including phenoxy) is 2. The smallest absolute Gasteiger partial charge is 0.223 e. The lowest BCUT2D eigenvalue weighted by Crippen LogP contribution is -2.45. The highest BCUT2D eigenvalue weighted by atomic mass is 16.5. The fourth-order valence-electron chi connectivity index (χ4n) is 3.66. The fraction of sp³-hybridized carbons (Fsp3) is 0.364. The first-order chi connectivity index (χ1) is 14.2. The molecule has 4 rings (SSSR count). The van der Waals surface area contributed by atoms with Crippen molar-refractivity contribution in [3.05, 3.63) is 71.4 Å². The zero-order valence-corrected chi connectivity index (χ0v) is 16.8. The molecule has 1 atom stereocenters. The summed E-state index contributed by atoms with van der Waals surface area (Å²) in [5.41, 5.74) is 2.46. The molecule has 1 aliphatic heterocycles. The summed E-state index contributed by atoms with van der Waals surface area (Å²) in [5.74, 6) is 2.82. The van der Waals surface area contributed by atoms with Gasteiger partial charge in [0, 0.05) is 38.7 Å². The summed E-state index contributed by atoms with van der Waals surface area (Å²) in [4.78, 5) is 6.64. The maximum absolute atomic E-state index is 5.75. The van der Waals surface area contributed by atoms with Gasteiger partial charge in [0.1, 0.15) is 11.5 Å². The molecule has 0 aliphatic carbocycles. The molecule has 0 radical (unpaired) electrons. The topological polar surface area (TPSA) is 72.7 Å². The molecule has 1 unspecified atom stereocenters. The van der Waals surface area contributed by atoms with Gasteiger partial charge in [-0.3, -0.25) is 4.90 Å². The van der Waals surface area contributed by atoms with E-state index in [9.17, 15) is 0 Å². The molecule has 7 nitrogen and oxygen atoms in total. The Hall–Kier alpha value is -2.90. The molecule has 152 valence electrons. The quantitative estimate of drug-likeness (QED) is 0.660. The van der Waals surface area contributed by atoms with E-state index in [0.29, 0.717) is 18.3 Å². The van der Waals surface area contributed by atoms with Gasteiger partial charge < -0.3 is 19.3 Å². The molecular formula is C22H26N4O3. The van der Waals surface area contributed by atoms with E-state index in [1.54, 1.807) is 14.0 Å². The number of aromatic nitrogens is 2. The molecule has 7 heteroatoms. The third-order valence-electron chi connectivity index (χ3n) is 5.10. The minimum atomic E-state index is 0.275. The van der Waals surface area contributed by atoms with Gasteiger partial charge in [-0.2, -0.15) is 4.98 Å². The van der Waals surface area contributed by atoms with E-state index in [4.69, 9.17) is 14.0 Å². The first-order valence-corrected chi connectivity index (χ1v) is 9.81. The van der Waals surface area contributed by atoms with Crippen molar-refractivity contribution < 1.29 is 14.0 Å². The van der Waals surface area contributed by atoms with Crippen LogP contribution < -0.4 is 14.8 Å². The van der Waals surface area contributed by atoms with E-state index in [1.165, 1.54) is 11.1 Å². The number of methoxy groups -OCH3 is 1. The Balaban J connectivity index is 1.41. The summed E-state index contributed by atoms with van der Waals surface area (Å²) in [6.45, 7) is 5.81. The van der Waals surface area contributed by atoms with Crippen molar-refractivity contribution in [3.63, 3.8) is 0 Å². The van der Waals surface area contributed by atoms with Crippen LogP contribution in [-0.2, 0) is 13.2 Å². The van der Waals surface area contributed by atoms with Crippen LogP contribution in [0.15, 0.2) is 53.1 Å². The van der Waals surface area contributed by atoms with E-state index < -0.39 is 0 Å². The van der Waals surface area contributed by atoms with Crippen molar-refractivity contribution in [2.45, 2.75) is 26.1 Å². The largest absolute Gasteiger partial charge is 0.496 e. The van der Waals surface area contributed by atoms with Gasteiger partial charge >= 0.3 is 0 Å². The van der Waals surface area contributed by atoms with Crippen molar-refractivity contribution in [1.82, 2.24) is 20.4 Å². The van der Waals surface area contributed by atoms with Gasteiger partial charge in [-0.15, -0.1) is 0 Å².